The first kappa shape index (κ1) is 13.3. The van der Waals surface area contributed by atoms with Gasteiger partial charge < -0.3 is 14.4 Å². The molecule has 1 amide bonds. The van der Waals surface area contributed by atoms with Gasteiger partial charge in [-0.1, -0.05) is 0 Å². The first-order valence-corrected chi connectivity index (χ1v) is 5.57. The number of furan rings is 1. The van der Waals surface area contributed by atoms with Gasteiger partial charge in [0.15, 0.2) is 0 Å². The molecule has 0 aliphatic heterocycles. The van der Waals surface area contributed by atoms with E-state index in [1.807, 2.05) is 6.07 Å². The second-order valence-electron chi connectivity index (χ2n) is 3.89. The number of rotatable bonds is 7. The number of carboxylic acids is 1. The van der Waals surface area contributed by atoms with Crippen LogP contribution in [0.5, 0.6) is 0 Å². The van der Waals surface area contributed by atoms with Gasteiger partial charge in [0.25, 0.3) is 0 Å². The fourth-order valence-electron chi connectivity index (χ4n) is 1.47. The molecule has 0 spiro atoms. The molecule has 1 heterocycles. The van der Waals surface area contributed by atoms with Crippen LogP contribution in [-0.2, 0) is 16.0 Å². The third-order valence-corrected chi connectivity index (χ3v) is 2.48. The summed E-state index contributed by atoms with van der Waals surface area (Å²) in [4.78, 5) is 23.5. The molecule has 0 aliphatic rings. The van der Waals surface area contributed by atoms with Crippen molar-refractivity contribution in [3.8, 4) is 0 Å². The van der Waals surface area contributed by atoms with Gasteiger partial charge in [-0.25, -0.2) is 0 Å². The van der Waals surface area contributed by atoms with Crippen LogP contribution in [0.3, 0.4) is 0 Å². The Kier molecular flexibility index (Phi) is 5.26. The second-order valence-corrected chi connectivity index (χ2v) is 3.89. The summed E-state index contributed by atoms with van der Waals surface area (Å²) >= 11 is 0. The molecule has 0 atom stereocenters. The minimum absolute atomic E-state index is 0.00629. The molecule has 0 radical (unpaired) electrons. The maximum absolute atomic E-state index is 11.7. The Bertz CT molecular complexity index is 359. The maximum atomic E-state index is 11.7. The van der Waals surface area contributed by atoms with E-state index in [0.29, 0.717) is 25.8 Å². The Morgan fingerprint density at radius 2 is 2.18 bits per heavy atom. The highest BCUT2D eigenvalue weighted by molar-refractivity contribution is 5.76. The summed E-state index contributed by atoms with van der Waals surface area (Å²) in [6, 6.07) is 3.62. The second kappa shape index (κ2) is 6.73. The Balaban J connectivity index is 2.20. The van der Waals surface area contributed by atoms with Crippen LogP contribution < -0.4 is 0 Å². The molecule has 1 aromatic rings. The largest absolute Gasteiger partial charge is 0.481 e. The number of hydrogen-bond donors (Lipinski definition) is 1. The summed E-state index contributed by atoms with van der Waals surface area (Å²) in [7, 11) is 1.69. The van der Waals surface area contributed by atoms with Crippen LogP contribution in [0.15, 0.2) is 22.8 Å². The summed E-state index contributed by atoms with van der Waals surface area (Å²) in [5, 5.41) is 8.48. The third kappa shape index (κ3) is 5.19. The van der Waals surface area contributed by atoms with Crippen molar-refractivity contribution in [3.05, 3.63) is 24.2 Å². The van der Waals surface area contributed by atoms with E-state index in [0.717, 1.165) is 5.76 Å². The molecule has 0 saturated carbocycles. The molecule has 0 bridgehead atoms. The van der Waals surface area contributed by atoms with Gasteiger partial charge in [-0.15, -0.1) is 0 Å². The van der Waals surface area contributed by atoms with E-state index in [1.54, 1.807) is 24.3 Å². The van der Waals surface area contributed by atoms with E-state index in [2.05, 4.69) is 0 Å². The standard InChI is InChI=1S/C12H17NO4/c1-13(8-2-5-12(15)16)11(14)7-6-10-4-3-9-17-10/h3-4,9H,2,5-8H2,1H3,(H,15,16). The monoisotopic (exact) mass is 239 g/mol. The fraction of sp³-hybridized carbons (Fsp3) is 0.500. The van der Waals surface area contributed by atoms with Gasteiger partial charge in [-0.3, -0.25) is 9.59 Å². The predicted molar refractivity (Wildman–Crippen MR) is 61.5 cm³/mol. The van der Waals surface area contributed by atoms with Crippen LogP contribution in [-0.4, -0.2) is 35.5 Å². The molecule has 17 heavy (non-hydrogen) atoms. The lowest BCUT2D eigenvalue weighted by Crippen LogP contribution is -2.28. The van der Waals surface area contributed by atoms with Crippen molar-refractivity contribution in [1.82, 2.24) is 4.90 Å². The van der Waals surface area contributed by atoms with Crippen LogP contribution in [0.1, 0.15) is 25.0 Å². The molecule has 0 fully saturated rings. The maximum Gasteiger partial charge on any atom is 0.303 e. The molecule has 1 N–H and O–H groups in total. The van der Waals surface area contributed by atoms with E-state index in [9.17, 15) is 9.59 Å². The molecular weight excluding hydrogens is 222 g/mol. The average Bonchev–Trinajstić information content (AvgIpc) is 2.78. The molecule has 0 unspecified atom stereocenters. The molecule has 0 saturated heterocycles. The molecule has 94 valence electrons. The van der Waals surface area contributed by atoms with Gasteiger partial charge >= 0.3 is 5.97 Å². The molecule has 0 aromatic carbocycles. The topological polar surface area (TPSA) is 70.8 Å². The van der Waals surface area contributed by atoms with Crippen LogP contribution in [0.4, 0.5) is 0 Å². The van der Waals surface area contributed by atoms with Crippen molar-refractivity contribution in [2.75, 3.05) is 13.6 Å². The van der Waals surface area contributed by atoms with E-state index in [4.69, 9.17) is 9.52 Å². The summed E-state index contributed by atoms with van der Waals surface area (Å²) in [6.07, 6.45) is 3.12. The smallest absolute Gasteiger partial charge is 0.303 e. The number of amides is 1. The average molecular weight is 239 g/mol. The Labute approximate surface area is 100 Å². The highest BCUT2D eigenvalue weighted by atomic mass is 16.4. The summed E-state index contributed by atoms with van der Waals surface area (Å²) in [5.41, 5.74) is 0. The molecule has 1 rings (SSSR count). The molecule has 1 aromatic heterocycles. The van der Waals surface area contributed by atoms with E-state index in [1.165, 1.54) is 0 Å². The van der Waals surface area contributed by atoms with Crippen molar-refractivity contribution in [2.45, 2.75) is 25.7 Å². The van der Waals surface area contributed by atoms with E-state index in [-0.39, 0.29) is 12.3 Å². The minimum Gasteiger partial charge on any atom is -0.481 e. The van der Waals surface area contributed by atoms with Crippen LogP contribution in [0.2, 0.25) is 0 Å². The van der Waals surface area contributed by atoms with Crippen molar-refractivity contribution in [3.63, 3.8) is 0 Å². The van der Waals surface area contributed by atoms with E-state index >= 15 is 0 Å². The number of nitrogens with zero attached hydrogens (tertiary/aromatic N) is 1. The van der Waals surface area contributed by atoms with Gasteiger partial charge in [-0.05, 0) is 18.6 Å². The number of aryl methyl sites for hydroxylation is 1. The van der Waals surface area contributed by atoms with Gasteiger partial charge in [0.2, 0.25) is 5.91 Å². The summed E-state index contributed by atoms with van der Waals surface area (Å²) in [5.74, 6) is -0.0366. The fourth-order valence-corrected chi connectivity index (χ4v) is 1.47. The van der Waals surface area contributed by atoms with E-state index < -0.39 is 5.97 Å². The SMILES string of the molecule is CN(CCCC(=O)O)C(=O)CCc1ccco1. The lowest BCUT2D eigenvalue weighted by Gasteiger charge is -2.16. The normalized spacial score (nSPS) is 10.2. The number of hydrogen-bond acceptors (Lipinski definition) is 3. The molecule has 5 heteroatoms. The Morgan fingerprint density at radius 3 is 2.76 bits per heavy atom. The van der Waals surface area contributed by atoms with Gasteiger partial charge in [-0.2, -0.15) is 0 Å². The van der Waals surface area contributed by atoms with Crippen molar-refractivity contribution < 1.29 is 19.1 Å². The zero-order valence-electron chi connectivity index (χ0n) is 9.89. The van der Waals surface area contributed by atoms with Crippen molar-refractivity contribution in [2.24, 2.45) is 0 Å². The first-order valence-electron chi connectivity index (χ1n) is 5.57. The highest BCUT2D eigenvalue weighted by Crippen LogP contribution is 2.05. The van der Waals surface area contributed by atoms with Crippen LogP contribution >= 0.6 is 0 Å². The zero-order chi connectivity index (χ0) is 12.7. The number of carbonyl (C=O) groups excluding carboxylic acids is 1. The number of aliphatic carboxylic acids is 1. The number of carbonyl (C=O) groups is 2. The molecule has 0 aliphatic carbocycles. The minimum atomic E-state index is -0.832. The lowest BCUT2D eigenvalue weighted by atomic mass is 10.2. The molecule has 5 nitrogen and oxygen atoms in total. The summed E-state index contributed by atoms with van der Waals surface area (Å²) < 4.78 is 5.13. The van der Waals surface area contributed by atoms with Crippen LogP contribution in [0.25, 0.3) is 0 Å². The lowest BCUT2D eigenvalue weighted by molar-refractivity contribution is -0.138. The highest BCUT2D eigenvalue weighted by Gasteiger charge is 2.10. The zero-order valence-corrected chi connectivity index (χ0v) is 9.89. The Morgan fingerprint density at radius 1 is 1.41 bits per heavy atom. The third-order valence-electron chi connectivity index (χ3n) is 2.48. The molecular formula is C12H17NO4. The number of carboxylic acid groups (broad SMARTS) is 1. The van der Waals surface area contributed by atoms with Gasteiger partial charge in [0, 0.05) is 32.9 Å². The van der Waals surface area contributed by atoms with Gasteiger partial charge in [0.1, 0.15) is 5.76 Å². The van der Waals surface area contributed by atoms with Gasteiger partial charge in [0.05, 0.1) is 6.26 Å². The first-order chi connectivity index (χ1) is 8.09. The Hall–Kier alpha value is -1.78. The quantitative estimate of drug-likeness (QED) is 0.783. The van der Waals surface area contributed by atoms with Crippen LogP contribution in [0, 0.1) is 0 Å². The summed E-state index contributed by atoms with van der Waals surface area (Å²) in [6.45, 7) is 0.475. The van der Waals surface area contributed by atoms with Crippen molar-refractivity contribution in [1.29, 1.82) is 0 Å². The van der Waals surface area contributed by atoms with Crippen molar-refractivity contribution >= 4 is 11.9 Å². The predicted octanol–water partition coefficient (Wildman–Crippen LogP) is 1.54.